The number of hydrogen-bond donors (Lipinski definition) is 0. The molecule has 1 aliphatic heterocycles. The molecule has 0 fully saturated rings. The third kappa shape index (κ3) is 4.40. The molecule has 3 heterocycles. The summed E-state index contributed by atoms with van der Waals surface area (Å²) in [5.74, 6) is -0.347. The van der Waals surface area contributed by atoms with Gasteiger partial charge in [-0.2, -0.15) is 0 Å². The number of thiazole rings is 1. The Morgan fingerprint density at radius 2 is 1.86 bits per heavy atom. The Bertz CT molecular complexity index is 1540. The first-order valence-electron chi connectivity index (χ1n) is 12.1. The zero-order valence-electron chi connectivity index (χ0n) is 20.8. The minimum atomic E-state index is -0.784. The maximum Gasteiger partial charge on any atom is 0.350 e. The van der Waals surface area contributed by atoms with Gasteiger partial charge in [-0.3, -0.25) is 14.5 Å². The van der Waals surface area contributed by atoms with Gasteiger partial charge in [0.1, 0.15) is 16.2 Å². The minimum absolute atomic E-state index is 0.0268. The number of methoxy groups -OCH3 is 1. The second-order valence-corrected chi connectivity index (χ2v) is 9.75. The standard InChI is InChI=1S/C28H26N2O6S/c1-4-5-8-15-35-18-13-11-17(12-14-18)22-21-23(31)19-9-6-7-10-20(19)36-24(21)26(32)30(22)28-29-16(2)25(37-28)27(33)34-3/h6-7,9-14,22H,4-5,8,15H2,1-3H3/t22-/m1/s1. The van der Waals surface area contributed by atoms with Crippen LogP contribution in [0.25, 0.3) is 11.0 Å². The van der Waals surface area contributed by atoms with E-state index in [4.69, 9.17) is 13.9 Å². The third-order valence-electron chi connectivity index (χ3n) is 6.35. The number of esters is 1. The Morgan fingerprint density at radius 3 is 2.59 bits per heavy atom. The maximum absolute atomic E-state index is 13.7. The van der Waals surface area contributed by atoms with Gasteiger partial charge in [-0.25, -0.2) is 9.78 Å². The van der Waals surface area contributed by atoms with E-state index in [2.05, 4.69) is 11.9 Å². The van der Waals surface area contributed by atoms with E-state index in [9.17, 15) is 14.4 Å². The lowest BCUT2D eigenvalue weighted by Gasteiger charge is -2.22. The lowest BCUT2D eigenvalue weighted by atomic mass is 9.98. The molecule has 2 aromatic carbocycles. The van der Waals surface area contributed by atoms with Crippen molar-refractivity contribution in [3.63, 3.8) is 0 Å². The summed E-state index contributed by atoms with van der Waals surface area (Å²) in [5, 5.41) is 0.671. The fourth-order valence-electron chi connectivity index (χ4n) is 4.49. The Labute approximate surface area is 217 Å². The van der Waals surface area contributed by atoms with Crippen LogP contribution in [-0.2, 0) is 4.74 Å². The number of nitrogens with zero attached hydrogens (tertiary/aromatic N) is 2. The number of carbonyl (C=O) groups is 2. The third-order valence-corrected chi connectivity index (χ3v) is 7.49. The average molecular weight is 519 g/mol. The van der Waals surface area contributed by atoms with E-state index in [1.807, 2.05) is 24.3 Å². The number of anilines is 1. The Morgan fingerprint density at radius 1 is 1.11 bits per heavy atom. The van der Waals surface area contributed by atoms with Crippen LogP contribution in [0.5, 0.6) is 5.75 Å². The highest BCUT2D eigenvalue weighted by atomic mass is 32.1. The minimum Gasteiger partial charge on any atom is -0.494 e. The molecular formula is C28H26N2O6S. The number of hydrogen-bond acceptors (Lipinski definition) is 8. The molecule has 0 saturated heterocycles. The number of aryl methyl sites for hydroxylation is 1. The monoisotopic (exact) mass is 518 g/mol. The highest BCUT2D eigenvalue weighted by Crippen LogP contribution is 2.43. The molecule has 1 amide bonds. The second-order valence-electron chi connectivity index (χ2n) is 8.77. The predicted octanol–water partition coefficient (Wildman–Crippen LogP) is 5.66. The highest BCUT2D eigenvalue weighted by Gasteiger charge is 2.45. The summed E-state index contributed by atoms with van der Waals surface area (Å²) in [6.45, 7) is 4.44. The van der Waals surface area contributed by atoms with Crippen molar-refractivity contribution in [1.29, 1.82) is 0 Å². The second kappa shape index (κ2) is 10.2. The van der Waals surface area contributed by atoms with Crippen LogP contribution in [0.15, 0.2) is 57.7 Å². The number of ether oxygens (including phenoxy) is 2. The SMILES string of the molecule is CCCCCOc1ccc([C@@H]2c3c(oc4ccccc4c3=O)C(=O)N2c2nc(C)c(C(=O)OC)s2)cc1. The molecular weight excluding hydrogens is 492 g/mol. The lowest BCUT2D eigenvalue weighted by Crippen LogP contribution is -2.29. The molecule has 4 aromatic rings. The summed E-state index contributed by atoms with van der Waals surface area (Å²) in [4.78, 5) is 45.9. The first-order valence-corrected chi connectivity index (χ1v) is 12.9. The zero-order chi connectivity index (χ0) is 26.1. The molecule has 1 aliphatic rings. The van der Waals surface area contributed by atoms with Crippen LogP contribution < -0.4 is 15.1 Å². The molecule has 0 aliphatic carbocycles. The van der Waals surface area contributed by atoms with E-state index in [0.29, 0.717) is 39.5 Å². The van der Waals surface area contributed by atoms with Crippen molar-refractivity contribution in [2.24, 2.45) is 0 Å². The summed E-state index contributed by atoms with van der Waals surface area (Å²) in [5.41, 5.74) is 1.44. The summed E-state index contributed by atoms with van der Waals surface area (Å²) >= 11 is 1.04. The lowest BCUT2D eigenvalue weighted by molar-refractivity contribution is 0.0605. The van der Waals surface area contributed by atoms with E-state index in [1.165, 1.54) is 12.0 Å². The van der Waals surface area contributed by atoms with Crippen molar-refractivity contribution in [3.05, 3.63) is 86.2 Å². The van der Waals surface area contributed by atoms with Crippen LogP contribution >= 0.6 is 11.3 Å². The number of amides is 1. The molecule has 37 heavy (non-hydrogen) atoms. The number of carbonyl (C=O) groups excluding carboxylic acids is 2. The zero-order valence-corrected chi connectivity index (χ0v) is 21.6. The van der Waals surface area contributed by atoms with Crippen molar-refractivity contribution in [1.82, 2.24) is 4.98 Å². The molecule has 190 valence electrons. The molecule has 1 atom stereocenters. The summed E-state index contributed by atoms with van der Waals surface area (Å²) in [7, 11) is 1.29. The fourth-order valence-corrected chi connectivity index (χ4v) is 5.50. The number of aromatic nitrogens is 1. The predicted molar refractivity (Wildman–Crippen MR) is 141 cm³/mol. The normalized spacial score (nSPS) is 14.7. The number of para-hydroxylation sites is 1. The summed E-state index contributed by atoms with van der Waals surface area (Å²) in [6.07, 6.45) is 3.17. The first-order chi connectivity index (χ1) is 17.9. The average Bonchev–Trinajstić information content (AvgIpc) is 3.44. The van der Waals surface area contributed by atoms with Crippen LogP contribution in [0.3, 0.4) is 0 Å². The molecule has 5 rings (SSSR count). The van der Waals surface area contributed by atoms with E-state index in [1.54, 1.807) is 31.2 Å². The van der Waals surface area contributed by atoms with Gasteiger partial charge in [-0.15, -0.1) is 0 Å². The number of unbranched alkanes of at least 4 members (excludes halogenated alkanes) is 2. The van der Waals surface area contributed by atoms with E-state index < -0.39 is 17.9 Å². The van der Waals surface area contributed by atoms with Gasteiger partial charge < -0.3 is 13.9 Å². The van der Waals surface area contributed by atoms with Gasteiger partial charge in [0, 0.05) is 0 Å². The van der Waals surface area contributed by atoms with Gasteiger partial charge in [0.05, 0.1) is 36.4 Å². The van der Waals surface area contributed by atoms with Crippen LogP contribution in [0.4, 0.5) is 5.13 Å². The van der Waals surface area contributed by atoms with Crippen LogP contribution in [0.1, 0.15) is 69.3 Å². The van der Waals surface area contributed by atoms with Gasteiger partial charge in [0.25, 0.3) is 5.91 Å². The van der Waals surface area contributed by atoms with Crippen molar-refractivity contribution < 1.29 is 23.5 Å². The summed E-state index contributed by atoms with van der Waals surface area (Å²) in [6, 6.07) is 13.4. The number of fused-ring (bicyclic) bond motifs is 2. The molecule has 0 saturated carbocycles. The number of benzene rings is 2. The highest BCUT2D eigenvalue weighted by molar-refractivity contribution is 7.17. The van der Waals surface area contributed by atoms with Gasteiger partial charge in [0.15, 0.2) is 10.6 Å². The van der Waals surface area contributed by atoms with Crippen molar-refractivity contribution in [3.8, 4) is 5.75 Å². The van der Waals surface area contributed by atoms with Crippen molar-refractivity contribution in [2.75, 3.05) is 18.6 Å². The van der Waals surface area contributed by atoms with Gasteiger partial charge in [-0.05, 0) is 43.2 Å². The topological polar surface area (TPSA) is 98.9 Å². The van der Waals surface area contributed by atoms with Crippen LogP contribution in [0.2, 0.25) is 0 Å². The van der Waals surface area contributed by atoms with E-state index in [-0.39, 0.29) is 21.9 Å². The smallest absolute Gasteiger partial charge is 0.350 e. The molecule has 0 spiro atoms. The maximum atomic E-state index is 13.7. The molecule has 2 aromatic heterocycles. The van der Waals surface area contributed by atoms with Crippen LogP contribution in [-0.4, -0.2) is 30.6 Å². The quantitative estimate of drug-likeness (QED) is 0.219. The van der Waals surface area contributed by atoms with Crippen molar-refractivity contribution >= 4 is 39.3 Å². The van der Waals surface area contributed by atoms with Gasteiger partial charge >= 0.3 is 5.97 Å². The Balaban J connectivity index is 1.62. The van der Waals surface area contributed by atoms with Crippen LogP contribution in [0, 0.1) is 6.92 Å². The van der Waals surface area contributed by atoms with Gasteiger partial charge in [-0.1, -0.05) is 55.4 Å². The molecule has 0 unspecified atom stereocenters. The molecule has 8 nitrogen and oxygen atoms in total. The van der Waals surface area contributed by atoms with E-state index >= 15 is 0 Å². The Hall–Kier alpha value is -3.98. The first kappa shape index (κ1) is 24.7. The fraction of sp³-hybridized carbons (Fsp3) is 0.286. The molecule has 0 N–H and O–H groups in total. The van der Waals surface area contributed by atoms with E-state index in [0.717, 1.165) is 30.6 Å². The Kier molecular flexibility index (Phi) is 6.80. The van der Waals surface area contributed by atoms with Gasteiger partial charge in [0.2, 0.25) is 5.76 Å². The van der Waals surface area contributed by atoms with Crippen molar-refractivity contribution in [2.45, 2.75) is 39.2 Å². The molecule has 0 bridgehead atoms. The largest absolute Gasteiger partial charge is 0.494 e. The summed E-state index contributed by atoms with van der Waals surface area (Å²) < 4.78 is 16.7. The molecule has 0 radical (unpaired) electrons. The number of rotatable bonds is 8. The molecule has 9 heteroatoms.